The van der Waals surface area contributed by atoms with Crippen LogP contribution in [0.4, 0.5) is 0 Å². The summed E-state index contributed by atoms with van der Waals surface area (Å²) >= 11 is 0. The second kappa shape index (κ2) is 3.97. The van der Waals surface area contributed by atoms with Gasteiger partial charge in [-0.05, 0) is 42.9 Å². The monoisotopic (exact) mass is 265 g/mol. The van der Waals surface area contributed by atoms with Crippen LogP contribution in [-0.2, 0) is 9.59 Å². The number of likely N-dealkylation sites (tertiary alicyclic amines) is 1. The summed E-state index contributed by atoms with van der Waals surface area (Å²) in [6.45, 7) is 5.88. The first kappa shape index (κ1) is 12.9. The summed E-state index contributed by atoms with van der Waals surface area (Å²) < 4.78 is 0. The minimum atomic E-state index is -0.652. The molecule has 1 N–H and O–H groups in total. The van der Waals surface area contributed by atoms with E-state index in [4.69, 9.17) is 5.11 Å². The highest BCUT2D eigenvalue weighted by atomic mass is 16.4. The molecular weight excluding hydrogens is 242 g/mol. The van der Waals surface area contributed by atoms with Gasteiger partial charge in [0.2, 0.25) is 5.91 Å². The summed E-state index contributed by atoms with van der Waals surface area (Å²) in [5, 5.41) is 9.06. The first-order valence-corrected chi connectivity index (χ1v) is 7.43. The van der Waals surface area contributed by atoms with E-state index in [0.717, 1.165) is 45.2 Å². The predicted octanol–water partition coefficient (Wildman–Crippen LogP) is 2.14. The highest BCUT2D eigenvalue weighted by Crippen LogP contribution is 2.60. The number of nitrogens with zero attached hydrogens (tertiary/aromatic N) is 1. The first-order chi connectivity index (χ1) is 8.92. The van der Waals surface area contributed by atoms with Crippen molar-refractivity contribution in [1.82, 2.24) is 4.90 Å². The van der Waals surface area contributed by atoms with Crippen molar-refractivity contribution in [2.75, 3.05) is 13.1 Å². The zero-order valence-corrected chi connectivity index (χ0v) is 11.8. The zero-order chi connectivity index (χ0) is 13.8. The summed E-state index contributed by atoms with van der Waals surface area (Å²) in [6, 6.07) is 0. The molecule has 4 heteroatoms. The van der Waals surface area contributed by atoms with Crippen molar-refractivity contribution in [2.24, 2.45) is 22.7 Å². The van der Waals surface area contributed by atoms with Gasteiger partial charge in [-0.2, -0.15) is 0 Å². The fraction of sp³-hybridized carbons (Fsp3) is 0.867. The quantitative estimate of drug-likeness (QED) is 0.850. The lowest BCUT2D eigenvalue weighted by Gasteiger charge is -2.33. The number of piperidine rings is 1. The number of aliphatic carboxylic acids is 1. The molecule has 1 heterocycles. The maximum Gasteiger partial charge on any atom is 0.307 e. The molecule has 0 bridgehead atoms. The average Bonchev–Trinajstić information content (AvgIpc) is 3.27. The minimum absolute atomic E-state index is 0.0280. The number of amides is 1. The highest BCUT2D eigenvalue weighted by molar-refractivity contribution is 5.83. The average molecular weight is 265 g/mol. The third-order valence-corrected chi connectivity index (χ3v) is 6.02. The van der Waals surface area contributed by atoms with Gasteiger partial charge in [0.25, 0.3) is 0 Å². The van der Waals surface area contributed by atoms with Gasteiger partial charge >= 0.3 is 5.97 Å². The van der Waals surface area contributed by atoms with Crippen molar-refractivity contribution >= 4 is 11.9 Å². The van der Waals surface area contributed by atoms with Gasteiger partial charge in [0.1, 0.15) is 0 Å². The van der Waals surface area contributed by atoms with Gasteiger partial charge in [0, 0.05) is 19.0 Å². The molecule has 3 rings (SSSR count). The van der Waals surface area contributed by atoms with E-state index in [1.807, 2.05) is 4.90 Å². The Hall–Kier alpha value is -1.06. The van der Waals surface area contributed by atoms with E-state index in [9.17, 15) is 9.59 Å². The van der Waals surface area contributed by atoms with Crippen molar-refractivity contribution in [1.29, 1.82) is 0 Å². The summed E-state index contributed by atoms with van der Waals surface area (Å²) in [5.74, 6) is -0.264. The van der Waals surface area contributed by atoms with Gasteiger partial charge in [-0.15, -0.1) is 0 Å². The Bertz CT molecular complexity index is 425. The van der Waals surface area contributed by atoms with Gasteiger partial charge in [0.15, 0.2) is 0 Å². The van der Waals surface area contributed by atoms with Crippen LogP contribution in [0, 0.1) is 22.7 Å². The molecule has 0 radical (unpaired) electrons. The first-order valence-electron chi connectivity index (χ1n) is 7.43. The molecule has 1 spiro atoms. The number of carboxylic acids is 1. The lowest BCUT2D eigenvalue weighted by Crippen LogP contribution is -2.41. The Morgan fingerprint density at radius 1 is 1.21 bits per heavy atom. The van der Waals surface area contributed by atoms with Crippen LogP contribution in [0.15, 0.2) is 0 Å². The smallest absolute Gasteiger partial charge is 0.307 e. The molecule has 3 aliphatic rings. The summed E-state index contributed by atoms with van der Waals surface area (Å²) in [7, 11) is 0. The fourth-order valence-electron chi connectivity index (χ4n) is 3.83. The molecule has 2 aliphatic carbocycles. The molecule has 0 aromatic heterocycles. The van der Waals surface area contributed by atoms with Crippen LogP contribution < -0.4 is 0 Å². The van der Waals surface area contributed by atoms with Crippen LogP contribution in [0.25, 0.3) is 0 Å². The maximum atomic E-state index is 12.4. The van der Waals surface area contributed by atoms with Crippen LogP contribution >= 0.6 is 0 Å². The highest BCUT2D eigenvalue weighted by Gasteiger charge is 2.60. The molecule has 1 saturated heterocycles. The lowest BCUT2D eigenvalue weighted by molar-refractivity contribution is -0.140. The number of carbonyl (C=O) groups excluding carboxylic acids is 1. The molecule has 0 aromatic carbocycles. The second-order valence-corrected chi connectivity index (χ2v) is 7.05. The fourth-order valence-corrected chi connectivity index (χ4v) is 3.83. The van der Waals surface area contributed by atoms with E-state index < -0.39 is 5.97 Å². The van der Waals surface area contributed by atoms with Crippen molar-refractivity contribution in [3.05, 3.63) is 0 Å². The van der Waals surface area contributed by atoms with Crippen LogP contribution in [0.5, 0.6) is 0 Å². The minimum Gasteiger partial charge on any atom is -0.481 e. The number of hydrogen-bond donors (Lipinski definition) is 1. The number of rotatable bonds is 3. The molecule has 2 saturated carbocycles. The molecule has 19 heavy (non-hydrogen) atoms. The van der Waals surface area contributed by atoms with Crippen LogP contribution in [0.3, 0.4) is 0 Å². The van der Waals surface area contributed by atoms with E-state index in [1.54, 1.807) is 0 Å². The van der Waals surface area contributed by atoms with E-state index in [0.29, 0.717) is 5.91 Å². The zero-order valence-electron chi connectivity index (χ0n) is 11.8. The maximum absolute atomic E-state index is 12.4. The van der Waals surface area contributed by atoms with Crippen LogP contribution in [0.2, 0.25) is 0 Å². The van der Waals surface area contributed by atoms with Crippen LogP contribution in [0.1, 0.15) is 46.0 Å². The van der Waals surface area contributed by atoms with Gasteiger partial charge in [-0.25, -0.2) is 0 Å². The van der Waals surface area contributed by atoms with E-state index in [-0.39, 0.29) is 22.7 Å². The molecule has 1 aliphatic heterocycles. The third-order valence-electron chi connectivity index (χ3n) is 6.02. The largest absolute Gasteiger partial charge is 0.481 e. The number of carbonyl (C=O) groups is 2. The van der Waals surface area contributed by atoms with Gasteiger partial charge in [-0.1, -0.05) is 13.8 Å². The summed E-state index contributed by atoms with van der Waals surface area (Å²) in [5.41, 5.74) is 0.260. The molecule has 0 aromatic rings. The second-order valence-electron chi connectivity index (χ2n) is 7.05. The summed E-state index contributed by atoms with van der Waals surface area (Å²) in [6.07, 6.45) is 4.68. The van der Waals surface area contributed by atoms with Gasteiger partial charge < -0.3 is 10.0 Å². The molecule has 1 amide bonds. The molecule has 4 nitrogen and oxygen atoms in total. The standard InChI is InChI=1S/C15H23NO3/c1-3-14(2)8-10(14)12(17)16-6-4-15(5-7-16)9-11(15)13(18)19/h10-11H,3-9H2,1-2H3,(H,18,19). The normalized spacial score (nSPS) is 39.2. The molecule has 3 unspecified atom stereocenters. The Morgan fingerprint density at radius 2 is 1.84 bits per heavy atom. The number of hydrogen-bond acceptors (Lipinski definition) is 2. The summed E-state index contributed by atoms with van der Waals surface area (Å²) in [4.78, 5) is 25.4. The predicted molar refractivity (Wildman–Crippen MR) is 70.5 cm³/mol. The van der Waals surface area contributed by atoms with E-state index in [1.165, 1.54) is 0 Å². The van der Waals surface area contributed by atoms with Gasteiger partial charge in [-0.3, -0.25) is 9.59 Å². The number of carboxylic acid groups (broad SMARTS) is 1. The van der Waals surface area contributed by atoms with Crippen molar-refractivity contribution in [2.45, 2.75) is 46.0 Å². The SMILES string of the molecule is CCC1(C)CC1C(=O)N1CCC2(CC1)CC2C(=O)O. The Kier molecular flexibility index (Phi) is 2.70. The lowest BCUT2D eigenvalue weighted by atomic mass is 9.90. The Balaban J connectivity index is 1.54. The van der Waals surface area contributed by atoms with Crippen molar-refractivity contribution in [3.8, 4) is 0 Å². The van der Waals surface area contributed by atoms with Crippen molar-refractivity contribution in [3.63, 3.8) is 0 Å². The van der Waals surface area contributed by atoms with Crippen LogP contribution in [-0.4, -0.2) is 35.0 Å². The molecule has 106 valence electrons. The molecular formula is C15H23NO3. The topological polar surface area (TPSA) is 57.6 Å². The van der Waals surface area contributed by atoms with E-state index >= 15 is 0 Å². The molecule has 3 atom stereocenters. The Labute approximate surface area is 114 Å². The van der Waals surface area contributed by atoms with E-state index in [2.05, 4.69) is 13.8 Å². The molecule has 3 fully saturated rings. The third kappa shape index (κ3) is 1.96. The van der Waals surface area contributed by atoms with Gasteiger partial charge in [0.05, 0.1) is 5.92 Å². The Morgan fingerprint density at radius 3 is 2.26 bits per heavy atom. The van der Waals surface area contributed by atoms with Crippen molar-refractivity contribution < 1.29 is 14.7 Å².